The topological polar surface area (TPSA) is 44.8 Å². The summed E-state index contributed by atoms with van der Waals surface area (Å²) in [5, 5.41) is 3.51. The molecule has 1 aliphatic rings. The SMILES string of the molecule is CC(Oc1cccc(Cl)c1)C(=O)NCc1ccc(CN2CCN(C)CC2)cc1. The molecule has 6 heteroatoms. The van der Waals surface area contributed by atoms with Crippen LogP contribution in [0.1, 0.15) is 18.1 Å². The molecule has 2 aromatic carbocycles. The highest BCUT2D eigenvalue weighted by Crippen LogP contribution is 2.18. The Balaban J connectivity index is 1.44. The van der Waals surface area contributed by atoms with Gasteiger partial charge in [-0.25, -0.2) is 0 Å². The molecule has 1 amide bonds. The van der Waals surface area contributed by atoms with Crippen molar-refractivity contribution >= 4 is 17.5 Å². The average Bonchev–Trinajstić information content (AvgIpc) is 2.69. The van der Waals surface area contributed by atoms with Crippen LogP contribution in [0.25, 0.3) is 0 Å². The molecule has 1 fully saturated rings. The van der Waals surface area contributed by atoms with Crippen molar-refractivity contribution in [3.8, 4) is 5.75 Å². The fourth-order valence-corrected chi connectivity index (χ4v) is 3.34. The van der Waals surface area contributed by atoms with Gasteiger partial charge in [-0.2, -0.15) is 0 Å². The van der Waals surface area contributed by atoms with E-state index >= 15 is 0 Å². The molecular formula is C22H28ClN3O2. The number of likely N-dealkylation sites (N-methyl/N-ethyl adjacent to an activating group) is 1. The van der Waals surface area contributed by atoms with Crippen molar-refractivity contribution in [2.45, 2.75) is 26.1 Å². The van der Waals surface area contributed by atoms with Gasteiger partial charge in [-0.15, -0.1) is 0 Å². The third-order valence-electron chi connectivity index (χ3n) is 4.97. The van der Waals surface area contributed by atoms with E-state index in [4.69, 9.17) is 16.3 Å². The van der Waals surface area contributed by atoms with Gasteiger partial charge in [-0.1, -0.05) is 41.9 Å². The molecule has 1 heterocycles. The van der Waals surface area contributed by atoms with Crippen molar-refractivity contribution < 1.29 is 9.53 Å². The lowest BCUT2D eigenvalue weighted by molar-refractivity contribution is -0.127. The average molecular weight is 402 g/mol. The second-order valence-electron chi connectivity index (χ2n) is 7.33. The number of rotatable bonds is 7. The molecule has 28 heavy (non-hydrogen) atoms. The predicted molar refractivity (Wildman–Crippen MR) is 113 cm³/mol. The van der Waals surface area contributed by atoms with E-state index in [-0.39, 0.29) is 5.91 Å². The summed E-state index contributed by atoms with van der Waals surface area (Å²) in [4.78, 5) is 17.1. The van der Waals surface area contributed by atoms with Gasteiger partial charge >= 0.3 is 0 Å². The minimum absolute atomic E-state index is 0.151. The Morgan fingerprint density at radius 1 is 1.11 bits per heavy atom. The summed E-state index contributed by atoms with van der Waals surface area (Å²) < 4.78 is 5.65. The first-order valence-electron chi connectivity index (χ1n) is 9.68. The van der Waals surface area contributed by atoms with E-state index in [1.807, 2.05) is 0 Å². The van der Waals surface area contributed by atoms with Crippen molar-refractivity contribution in [1.29, 1.82) is 0 Å². The minimum Gasteiger partial charge on any atom is -0.481 e. The Morgan fingerprint density at radius 3 is 2.46 bits per heavy atom. The first-order chi connectivity index (χ1) is 13.5. The molecule has 0 radical (unpaired) electrons. The van der Waals surface area contributed by atoms with Crippen molar-refractivity contribution in [3.05, 3.63) is 64.7 Å². The third kappa shape index (κ3) is 6.23. The molecule has 1 aliphatic heterocycles. The van der Waals surface area contributed by atoms with Crippen LogP contribution in [0.4, 0.5) is 0 Å². The largest absolute Gasteiger partial charge is 0.481 e. The zero-order valence-electron chi connectivity index (χ0n) is 16.5. The Labute approximate surface area is 172 Å². The number of carbonyl (C=O) groups excluding carboxylic acids is 1. The van der Waals surface area contributed by atoms with Crippen LogP contribution in [0.2, 0.25) is 5.02 Å². The highest BCUT2D eigenvalue weighted by atomic mass is 35.5. The maximum atomic E-state index is 12.3. The summed E-state index contributed by atoms with van der Waals surface area (Å²) in [5.74, 6) is 0.435. The van der Waals surface area contributed by atoms with Crippen molar-refractivity contribution in [2.24, 2.45) is 0 Å². The van der Waals surface area contributed by atoms with Gasteiger partial charge in [-0.3, -0.25) is 9.69 Å². The normalized spacial score (nSPS) is 16.5. The minimum atomic E-state index is -0.588. The summed E-state index contributed by atoms with van der Waals surface area (Å²) in [6.45, 7) is 7.66. The van der Waals surface area contributed by atoms with Crippen LogP contribution in [0, 0.1) is 0 Å². The van der Waals surface area contributed by atoms with Gasteiger partial charge in [0.05, 0.1) is 0 Å². The number of halogens is 1. The highest BCUT2D eigenvalue weighted by molar-refractivity contribution is 6.30. The monoisotopic (exact) mass is 401 g/mol. The van der Waals surface area contributed by atoms with Gasteiger partial charge in [0.2, 0.25) is 0 Å². The summed E-state index contributed by atoms with van der Waals surface area (Å²) in [5.41, 5.74) is 2.38. The number of piperazine rings is 1. The van der Waals surface area contributed by atoms with Gasteiger partial charge in [0, 0.05) is 44.3 Å². The zero-order valence-corrected chi connectivity index (χ0v) is 17.3. The first kappa shape index (κ1) is 20.6. The zero-order chi connectivity index (χ0) is 19.9. The number of carbonyl (C=O) groups is 1. The van der Waals surface area contributed by atoms with E-state index in [0.29, 0.717) is 17.3 Å². The summed E-state index contributed by atoms with van der Waals surface area (Å²) in [6.07, 6.45) is -0.588. The second-order valence-corrected chi connectivity index (χ2v) is 7.77. The lowest BCUT2D eigenvalue weighted by Gasteiger charge is -2.32. The Bertz CT molecular complexity index is 774. The Kier molecular flexibility index (Phi) is 7.31. The molecule has 1 atom stereocenters. The molecule has 2 aromatic rings. The number of ether oxygens (including phenoxy) is 1. The molecule has 0 spiro atoms. The first-order valence-corrected chi connectivity index (χ1v) is 10.1. The van der Waals surface area contributed by atoms with Crippen molar-refractivity contribution in [2.75, 3.05) is 33.2 Å². The number of nitrogens with one attached hydrogen (secondary N) is 1. The number of hydrogen-bond acceptors (Lipinski definition) is 4. The maximum absolute atomic E-state index is 12.3. The summed E-state index contributed by atoms with van der Waals surface area (Å²) >= 11 is 5.94. The van der Waals surface area contributed by atoms with E-state index < -0.39 is 6.10 Å². The van der Waals surface area contributed by atoms with E-state index in [9.17, 15) is 4.79 Å². The lowest BCUT2D eigenvalue weighted by Crippen LogP contribution is -2.43. The fraction of sp³-hybridized carbons (Fsp3) is 0.409. The molecule has 3 rings (SSSR count). The van der Waals surface area contributed by atoms with Gasteiger partial charge in [0.1, 0.15) is 5.75 Å². The smallest absolute Gasteiger partial charge is 0.261 e. The van der Waals surface area contributed by atoms with Crippen LogP contribution >= 0.6 is 11.6 Å². The van der Waals surface area contributed by atoms with Crippen molar-refractivity contribution in [3.63, 3.8) is 0 Å². The van der Waals surface area contributed by atoms with Crippen LogP contribution in [0.15, 0.2) is 48.5 Å². The molecule has 0 bridgehead atoms. The Morgan fingerprint density at radius 2 is 1.79 bits per heavy atom. The quantitative estimate of drug-likeness (QED) is 0.774. The van der Waals surface area contributed by atoms with Gasteiger partial charge in [0.15, 0.2) is 6.10 Å². The fourth-order valence-electron chi connectivity index (χ4n) is 3.16. The van der Waals surface area contributed by atoms with Crippen LogP contribution in [0.3, 0.4) is 0 Å². The molecule has 1 N–H and O–H groups in total. The summed E-state index contributed by atoms with van der Waals surface area (Å²) in [7, 11) is 2.17. The van der Waals surface area contributed by atoms with Crippen LogP contribution in [-0.2, 0) is 17.9 Å². The number of hydrogen-bond donors (Lipinski definition) is 1. The van der Waals surface area contributed by atoms with Crippen LogP contribution in [0.5, 0.6) is 5.75 Å². The third-order valence-corrected chi connectivity index (χ3v) is 5.21. The van der Waals surface area contributed by atoms with E-state index in [1.165, 1.54) is 5.56 Å². The standard InChI is InChI=1S/C22H28ClN3O2/c1-17(28-21-5-3-4-20(23)14-21)22(27)24-15-18-6-8-19(9-7-18)16-26-12-10-25(2)11-13-26/h3-9,14,17H,10-13,15-16H2,1-2H3,(H,24,27). The molecule has 1 saturated heterocycles. The highest BCUT2D eigenvalue weighted by Gasteiger charge is 2.15. The number of nitrogens with zero attached hydrogens (tertiary/aromatic N) is 2. The number of amides is 1. The van der Waals surface area contributed by atoms with E-state index in [1.54, 1.807) is 31.2 Å². The van der Waals surface area contributed by atoms with E-state index in [0.717, 1.165) is 38.3 Å². The molecule has 0 aliphatic carbocycles. The van der Waals surface area contributed by atoms with Gasteiger partial charge in [0.25, 0.3) is 5.91 Å². The molecule has 0 aromatic heterocycles. The Hall–Kier alpha value is -2.08. The van der Waals surface area contributed by atoms with E-state index in [2.05, 4.69) is 46.4 Å². The predicted octanol–water partition coefficient (Wildman–Crippen LogP) is 3.17. The lowest BCUT2D eigenvalue weighted by atomic mass is 10.1. The molecule has 1 unspecified atom stereocenters. The summed E-state index contributed by atoms with van der Waals surface area (Å²) in [6, 6.07) is 15.5. The second kappa shape index (κ2) is 9.92. The van der Waals surface area contributed by atoms with Crippen LogP contribution < -0.4 is 10.1 Å². The molecule has 150 valence electrons. The van der Waals surface area contributed by atoms with Gasteiger partial charge in [-0.05, 0) is 43.3 Å². The number of benzene rings is 2. The molecule has 5 nitrogen and oxygen atoms in total. The molecular weight excluding hydrogens is 374 g/mol. The maximum Gasteiger partial charge on any atom is 0.261 e. The van der Waals surface area contributed by atoms with Gasteiger partial charge < -0.3 is 15.0 Å². The van der Waals surface area contributed by atoms with Crippen molar-refractivity contribution in [1.82, 2.24) is 15.1 Å². The van der Waals surface area contributed by atoms with Crippen LogP contribution in [-0.4, -0.2) is 55.0 Å². The molecule has 0 saturated carbocycles.